The van der Waals surface area contributed by atoms with Crippen LogP contribution in [-0.4, -0.2) is 38.4 Å². The van der Waals surface area contributed by atoms with E-state index in [1.54, 1.807) is 22.5 Å². The van der Waals surface area contributed by atoms with Crippen LogP contribution in [0.25, 0.3) is 6.08 Å². The van der Waals surface area contributed by atoms with Crippen molar-refractivity contribution >= 4 is 27.7 Å². The highest BCUT2D eigenvalue weighted by atomic mass is 35.5. The van der Waals surface area contributed by atoms with Gasteiger partial charge >= 0.3 is 0 Å². The molecule has 1 aromatic carbocycles. The monoisotopic (exact) mass is 326 g/mol. The summed E-state index contributed by atoms with van der Waals surface area (Å²) >= 11 is 5.83. The lowest BCUT2D eigenvalue weighted by Crippen LogP contribution is -2.47. The average molecular weight is 327 g/mol. The number of hydrogen-bond donors (Lipinski definition) is 1. The third kappa shape index (κ3) is 3.31. The summed E-state index contributed by atoms with van der Waals surface area (Å²) in [4.78, 5) is 0. The molecule has 2 heterocycles. The van der Waals surface area contributed by atoms with Crippen molar-refractivity contribution in [2.24, 2.45) is 5.92 Å². The van der Waals surface area contributed by atoms with Crippen molar-refractivity contribution in [3.63, 3.8) is 0 Å². The zero-order valence-corrected chi connectivity index (χ0v) is 13.3. The van der Waals surface area contributed by atoms with E-state index in [4.69, 9.17) is 11.6 Å². The number of rotatable bonds is 3. The molecule has 3 rings (SSSR count). The lowest BCUT2D eigenvalue weighted by Gasteiger charge is -2.35. The van der Waals surface area contributed by atoms with Crippen molar-refractivity contribution in [2.75, 3.05) is 19.6 Å². The van der Waals surface area contributed by atoms with Crippen molar-refractivity contribution in [1.82, 2.24) is 9.62 Å². The van der Waals surface area contributed by atoms with Crippen LogP contribution in [0.15, 0.2) is 29.7 Å². The summed E-state index contributed by atoms with van der Waals surface area (Å²) in [6.45, 7) is 2.31. The molecule has 4 nitrogen and oxygen atoms in total. The highest BCUT2D eigenvalue weighted by molar-refractivity contribution is 7.92. The van der Waals surface area contributed by atoms with Crippen LogP contribution < -0.4 is 5.32 Å². The minimum atomic E-state index is -3.37. The Labute approximate surface area is 130 Å². The number of benzene rings is 1. The van der Waals surface area contributed by atoms with Crippen molar-refractivity contribution in [1.29, 1.82) is 0 Å². The maximum atomic E-state index is 12.6. The largest absolute Gasteiger partial charge is 0.315 e. The van der Waals surface area contributed by atoms with Crippen LogP contribution in [0.3, 0.4) is 0 Å². The van der Waals surface area contributed by atoms with Gasteiger partial charge in [0.1, 0.15) is 0 Å². The standard InChI is InChI=1S/C15H19ClN2O2S/c16-14-5-3-12(4-6-14)7-9-21(19,20)18-8-1-2-13-10-17-11-15(13)18/h3-7,9,13,15,17H,1-2,8,10-11H2/b9-7+. The van der Waals surface area contributed by atoms with Crippen molar-refractivity contribution < 1.29 is 8.42 Å². The first-order valence-electron chi connectivity index (χ1n) is 7.22. The van der Waals surface area contributed by atoms with Crippen LogP contribution in [0.4, 0.5) is 0 Å². The van der Waals surface area contributed by atoms with E-state index in [0.29, 0.717) is 17.5 Å². The van der Waals surface area contributed by atoms with E-state index in [-0.39, 0.29) is 6.04 Å². The molecule has 0 spiro atoms. The predicted octanol–water partition coefficient (Wildman–Crippen LogP) is 2.32. The summed E-state index contributed by atoms with van der Waals surface area (Å²) in [7, 11) is -3.37. The smallest absolute Gasteiger partial charge is 0.236 e. The Hall–Kier alpha value is -0.880. The van der Waals surface area contributed by atoms with Crippen LogP contribution in [0.5, 0.6) is 0 Å². The van der Waals surface area contributed by atoms with Gasteiger partial charge in [-0.25, -0.2) is 8.42 Å². The highest BCUT2D eigenvalue weighted by Crippen LogP contribution is 2.29. The normalized spacial score (nSPS) is 27.1. The average Bonchev–Trinajstić information content (AvgIpc) is 2.95. The number of nitrogens with one attached hydrogen (secondary N) is 1. The van der Waals surface area contributed by atoms with E-state index in [2.05, 4.69) is 5.32 Å². The molecule has 2 aliphatic heterocycles. The van der Waals surface area contributed by atoms with Crippen LogP contribution in [0, 0.1) is 5.92 Å². The first kappa shape index (κ1) is 15.0. The molecule has 6 heteroatoms. The van der Waals surface area contributed by atoms with E-state index in [1.165, 1.54) is 5.41 Å². The second-order valence-corrected chi connectivity index (χ2v) is 7.85. The lowest BCUT2D eigenvalue weighted by molar-refractivity contribution is 0.219. The Morgan fingerprint density at radius 1 is 1.24 bits per heavy atom. The molecule has 0 aliphatic carbocycles. The van der Waals surface area contributed by atoms with Gasteiger partial charge in [-0.05, 0) is 49.1 Å². The molecule has 2 unspecified atom stereocenters. The van der Waals surface area contributed by atoms with Gasteiger partial charge in [-0.15, -0.1) is 0 Å². The van der Waals surface area contributed by atoms with Gasteiger partial charge in [0.05, 0.1) is 0 Å². The second kappa shape index (κ2) is 6.08. The van der Waals surface area contributed by atoms with Gasteiger partial charge in [-0.1, -0.05) is 23.7 Å². The van der Waals surface area contributed by atoms with Gasteiger partial charge in [-0.3, -0.25) is 0 Å². The van der Waals surface area contributed by atoms with Crippen LogP contribution in [0.1, 0.15) is 18.4 Å². The molecule has 2 fully saturated rings. The van der Waals surface area contributed by atoms with Crippen LogP contribution in [-0.2, 0) is 10.0 Å². The maximum Gasteiger partial charge on any atom is 0.236 e. The van der Waals surface area contributed by atoms with Crippen LogP contribution >= 0.6 is 11.6 Å². The van der Waals surface area contributed by atoms with E-state index >= 15 is 0 Å². The minimum Gasteiger partial charge on any atom is -0.315 e. The Bertz CT molecular complexity index is 628. The highest BCUT2D eigenvalue weighted by Gasteiger charge is 2.39. The molecule has 0 amide bonds. The molecule has 0 saturated carbocycles. The molecule has 0 radical (unpaired) electrons. The molecule has 21 heavy (non-hydrogen) atoms. The summed E-state index contributed by atoms with van der Waals surface area (Å²) in [5.41, 5.74) is 0.834. The van der Waals surface area contributed by atoms with Gasteiger partial charge in [-0.2, -0.15) is 4.31 Å². The summed E-state index contributed by atoms with van der Waals surface area (Å²) < 4.78 is 26.8. The molecule has 2 aliphatic rings. The summed E-state index contributed by atoms with van der Waals surface area (Å²) in [5, 5.41) is 5.26. The number of piperidine rings is 1. The molecule has 0 bridgehead atoms. The fourth-order valence-electron chi connectivity index (χ4n) is 3.16. The zero-order valence-electron chi connectivity index (χ0n) is 11.7. The second-order valence-electron chi connectivity index (χ2n) is 5.64. The van der Waals surface area contributed by atoms with E-state index < -0.39 is 10.0 Å². The van der Waals surface area contributed by atoms with E-state index in [0.717, 1.165) is 31.5 Å². The Morgan fingerprint density at radius 2 is 2.00 bits per heavy atom. The van der Waals surface area contributed by atoms with Crippen molar-refractivity contribution in [3.8, 4) is 0 Å². The molecular formula is C15H19ClN2O2S. The topological polar surface area (TPSA) is 49.4 Å². The summed E-state index contributed by atoms with van der Waals surface area (Å²) in [5.74, 6) is 0.456. The van der Waals surface area contributed by atoms with Crippen molar-refractivity contribution in [3.05, 3.63) is 40.3 Å². The number of halogens is 1. The quantitative estimate of drug-likeness (QED) is 0.927. The predicted molar refractivity (Wildman–Crippen MR) is 85.5 cm³/mol. The third-order valence-corrected chi connectivity index (χ3v) is 6.10. The number of nitrogens with zero attached hydrogens (tertiary/aromatic N) is 1. The van der Waals surface area contributed by atoms with E-state index in [9.17, 15) is 8.42 Å². The molecule has 2 atom stereocenters. The molecule has 114 valence electrons. The molecule has 1 N–H and O–H groups in total. The first-order chi connectivity index (χ1) is 10.1. The first-order valence-corrected chi connectivity index (χ1v) is 9.10. The van der Waals surface area contributed by atoms with Gasteiger partial charge in [0, 0.05) is 29.6 Å². The molecular weight excluding hydrogens is 308 g/mol. The number of hydrogen-bond acceptors (Lipinski definition) is 3. The van der Waals surface area contributed by atoms with Crippen molar-refractivity contribution in [2.45, 2.75) is 18.9 Å². The maximum absolute atomic E-state index is 12.6. The number of sulfonamides is 1. The minimum absolute atomic E-state index is 0.110. The number of fused-ring (bicyclic) bond motifs is 1. The van der Waals surface area contributed by atoms with Crippen LogP contribution in [0.2, 0.25) is 5.02 Å². The van der Waals surface area contributed by atoms with Gasteiger partial charge < -0.3 is 5.32 Å². The van der Waals surface area contributed by atoms with Gasteiger partial charge in [0.15, 0.2) is 0 Å². The summed E-state index contributed by atoms with van der Waals surface area (Å²) in [6.07, 6.45) is 3.69. The molecule has 0 aromatic heterocycles. The third-order valence-electron chi connectivity index (χ3n) is 4.26. The van der Waals surface area contributed by atoms with E-state index in [1.807, 2.05) is 12.1 Å². The van der Waals surface area contributed by atoms with Gasteiger partial charge in [0.2, 0.25) is 10.0 Å². The molecule has 2 saturated heterocycles. The Balaban J connectivity index is 1.78. The molecule has 1 aromatic rings. The summed E-state index contributed by atoms with van der Waals surface area (Å²) in [6, 6.07) is 7.24. The SMILES string of the molecule is O=S(=O)(/C=C/c1ccc(Cl)cc1)N1CCCC2CNCC21. The van der Waals surface area contributed by atoms with Gasteiger partial charge in [0.25, 0.3) is 0 Å². The fraction of sp³-hybridized carbons (Fsp3) is 0.467. The fourth-order valence-corrected chi connectivity index (χ4v) is 4.78. The lowest BCUT2D eigenvalue weighted by atomic mass is 9.94. The Kier molecular flexibility index (Phi) is 4.36. The zero-order chi connectivity index (χ0) is 14.9. The Morgan fingerprint density at radius 3 is 2.76 bits per heavy atom.